The zero-order valence-electron chi connectivity index (χ0n) is 15.9. The lowest BCUT2D eigenvalue weighted by molar-refractivity contribution is -0.117. The predicted molar refractivity (Wildman–Crippen MR) is 103 cm³/mol. The van der Waals surface area contributed by atoms with Gasteiger partial charge in [0.1, 0.15) is 5.82 Å². The van der Waals surface area contributed by atoms with Crippen molar-refractivity contribution in [2.24, 2.45) is 11.3 Å². The summed E-state index contributed by atoms with van der Waals surface area (Å²) in [6.45, 7) is 3.49. The number of hydrogen-bond acceptors (Lipinski definition) is 5. The normalized spacial score (nSPS) is 28.5. The van der Waals surface area contributed by atoms with Crippen molar-refractivity contribution >= 4 is 21.6 Å². The van der Waals surface area contributed by atoms with E-state index in [4.69, 9.17) is 0 Å². The number of likely N-dealkylation sites (tertiary alicyclic amines) is 1. The molecule has 4 rings (SSSR count). The molecule has 1 aromatic carbocycles. The summed E-state index contributed by atoms with van der Waals surface area (Å²) in [7, 11) is -3.26. The molecule has 0 spiro atoms. The Balaban J connectivity index is 1.39. The SMILES string of the molecule is Cc1ccc(F)c(NC(=O)CN2C[C@H]3CN(S(=O)(=O)C4CC4)C[C@@]3(CO)C2)c1. The van der Waals surface area contributed by atoms with Crippen molar-refractivity contribution in [3.63, 3.8) is 0 Å². The van der Waals surface area contributed by atoms with Crippen molar-refractivity contribution in [1.29, 1.82) is 0 Å². The molecule has 154 valence electrons. The third-order valence-electron chi connectivity index (χ3n) is 6.18. The van der Waals surface area contributed by atoms with E-state index in [9.17, 15) is 22.7 Å². The quantitative estimate of drug-likeness (QED) is 0.723. The van der Waals surface area contributed by atoms with Crippen molar-refractivity contribution in [2.75, 3.05) is 44.6 Å². The van der Waals surface area contributed by atoms with Gasteiger partial charge in [0.2, 0.25) is 15.9 Å². The molecule has 2 heterocycles. The molecular weight excluding hydrogens is 385 g/mol. The highest BCUT2D eigenvalue weighted by Gasteiger charge is 2.56. The summed E-state index contributed by atoms with van der Waals surface area (Å²) >= 11 is 0. The molecule has 0 radical (unpaired) electrons. The zero-order valence-corrected chi connectivity index (χ0v) is 16.7. The maximum Gasteiger partial charge on any atom is 0.238 e. The van der Waals surface area contributed by atoms with Crippen LogP contribution in [0.1, 0.15) is 18.4 Å². The minimum absolute atomic E-state index is 0.00506. The predicted octanol–water partition coefficient (Wildman–Crippen LogP) is 0.791. The number of benzene rings is 1. The molecule has 2 atom stereocenters. The smallest absolute Gasteiger partial charge is 0.238 e. The first kappa shape index (κ1) is 19.8. The molecule has 1 aromatic rings. The van der Waals surface area contributed by atoms with Gasteiger partial charge in [0.15, 0.2) is 0 Å². The van der Waals surface area contributed by atoms with Crippen molar-refractivity contribution in [3.8, 4) is 0 Å². The number of hydrogen-bond donors (Lipinski definition) is 2. The molecule has 7 nitrogen and oxygen atoms in total. The van der Waals surface area contributed by atoms with Gasteiger partial charge in [-0.1, -0.05) is 6.07 Å². The molecule has 1 saturated carbocycles. The summed E-state index contributed by atoms with van der Waals surface area (Å²) in [5, 5.41) is 12.4. The molecule has 0 aromatic heterocycles. The van der Waals surface area contributed by atoms with E-state index in [0.29, 0.717) is 26.2 Å². The maximum atomic E-state index is 13.8. The largest absolute Gasteiger partial charge is 0.396 e. The molecule has 3 aliphatic rings. The Morgan fingerprint density at radius 2 is 2.07 bits per heavy atom. The number of anilines is 1. The van der Waals surface area contributed by atoms with Gasteiger partial charge in [0, 0.05) is 31.6 Å². The Morgan fingerprint density at radius 1 is 1.32 bits per heavy atom. The fourth-order valence-electron chi connectivity index (χ4n) is 4.48. The molecule has 2 N–H and O–H groups in total. The molecule has 0 unspecified atom stereocenters. The number of carbonyl (C=O) groups is 1. The number of amides is 1. The average Bonchev–Trinajstić information content (AvgIpc) is 3.35. The van der Waals surface area contributed by atoms with Crippen molar-refractivity contribution in [2.45, 2.75) is 25.0 Å². The summed E-state index contributed by atoms with van der Waals surface area (Å²) in [5.74, 6) is -0.806. The molecule has 2 saturated heterocycles. The Kier molecular flexibility index (Phi) is 4.97. The summed E-state index contributed by atoms with van der Waals surface area (Å²) < 4.78 is 40.5. The lowest BCUT2D eigenvalue weighted by atomic mass is 9.82. The van der Waals surface area contributed by atoms with Gasteiger partial charge >= 0.3 is 0 Å². The van der Waals surface area contributed by atoms with Crippen molar-refractivity contribution in [1.82, 2.24) is 9.21 Å². The number of nitrogens with one attached hydrogen (secondary N) is 1. The molecule has 1 aliphatic carbocycles. The summed E-state index contributed by atoms with van der Waals surface area (Å²) in [6.07, 6.45) is 1.44. The average molecular weight is 411 g/mol. The first-order valence-corrected chi connectivity index (χ1v) is 11.1. The van der Waals surface area contributed by atoms with E-state index in [-0.39, 0.29) is 35.9 Å². The molecular formula is C19H26FN3O4S. The third-order valence-corrected chi connectivity index (χ3v) is 8.49. The molecule has 1 amide bonds. The number of rotatable bonds is 6. The Bertz CT molecular complexity index is 889. The van der Waals surface area contributed by atoms with E-state index in [1.807, 2.05) is 11.8 Å². The first-order valence-electron chi connectivity index (χ1n) is 9.62. The fourth-order valence-corrected chi connectivity index (χ4v) is 6.46. The zero-order chi connectivity index (χ0) is 20.1. The molecule has 0 bridgehead atoms. The fraction of sp³-hybridized carbons (Fsp3) is 0.632. The van der Waals surface area contributed by atoms with Crippen LogP contribution in [0, 0.1) is 24.1 Å². The Morgan fingerprint density at radius 3 is 2.71 bits per heavy atom. The Hall–Kier alpha value is -1.55. The number of halogens is 1. The van der Waals surface area contributed by atoms with Gasteiger partial charge in [0.25, 0.3) is 0 Å². The van der Waals surface area contributed by atoms with Crippen LogP contribution in [0.5, 0.6) is 0 Å². The second-order valence-corrected chi connectivity index (χ2v) is 10.7. The Labute approximate surface area is 164 Å². The minimum atomic E-state index is -3.26. The lowest BCUT2D eigenvalue weighted by Crippen LogP contribution is -2.41. The number of aliphatic hydroxyl groups is 1. The number of fused-ring (bicyclic) bond motifs is 1. The van der Waals surface area contributed by atoms with Crippen LogP contribution in [0.4, 0.5) is 10.1 Å². The summed E-state index contributed by atoms with van der Waals surface area (Å²) in [4.78, 5) is 14.3. The van der Waals surface area contributed by atoms with Gasteiger partial charge in [-0.15, -0.1) is 0 Å². The highest BCUT2D eigenvalue weighted by molar-refractivity contribution is 7.90. The number of carbonyl (C=O) groups excluding carboxylic acids is 1. The van der Waals surface area contributed by atoms with Crippen LogP contribution in [0.25, 0.3) is 0 Å². The van der Waals surface area contributed by atoms with Gasteiger partial charge in [-0.2, -0.15) is 0 Å². The van der Waals surface area contributed by atoms with Gasteiger partial charge < -0.3 is 10.4 Å². The van der Waals surface area contributed by atoms with E-state index in [1.165, 1.54) is 10.4 Å². The van der Waals surface area contributed by atoms with Crippen LogP contribution < -0.4 is 5.32 Å². The van der Waals surface area contributed by atoms with Crippen molar-refractivity contribution in [3.05, 3.63) is 29.6 Å². The van der Waals surface area contributed by atoms with Gasteiger partial charge in [0.05, 0.1) is 24.1 Å². The summed E-state index contributed by atoms with van der Waals surface area (Å²) in [6, 6.07) is 4.54. The molecule has 9 heteroatoms. The lowest BCUT2D eigenvalue weighted by Gasteiger charge is -2.27. The standard InChI is InChI=1S/C19H26FN3O4S/c1-13-2-5-16(20)17(6-13)21-18(25)9-22-7-14-8-23(11-19(14,10-22)12-24)28(26,27)15-3-4-15/h2,5-6,14-15,24H,3-4,7-12H2,1H3,(H,21,25)/t14-,19+/m0/s1. The topological polar surface area (TPSA) is 90.0 Å². The second-order valence-electron chi connectivity index (χ2n) is 8.46. The first-order chi connectivity index (χ1) is 13.2. The van der Waals surface area contributed by atoms with Crippen LogP contribution >= 0.6 is 0 Å². The second kappa shape index (κ2) is 7.05. The highest BCUT2D eigenvalue weighted by atomic mass is 32.2. The van der Waals surface area contributed by atoms with Gasteiger partial charge in [-0.3, -0.25) is 9.69 Å². The van der Waals surface area contributed by atoms with Gasteiger partial charge in [-0.05, 0) is 43.4 Å². The van der Waals surface area contributed by atoms with Crippen LogP contribution in [-0.4, -0.2) is 73.2 Å². The molecule has 3 fully saturated rings. The number of aliphatic hydroxyl groups excluding tert-OH is 1. The number of sulfonamides is 1. The molecule has 2 aliphatic heterocycles. The van der Waals surface area contributed by atoms with Gasteiger partial charge in [-0.25, -0.2) is 17.1 Å². The highest BCUT2D eigenvalue weighted by Crippen LogP contribution is 2.45. The van der Waals surface area contributed by atoms with E-state index >= 15 is 0 Å². The van der Waals surface area contributed by atoms with Crippen LogP contribution in [0.2, 0.25) is 0 Å². The van der Waals surface area contributed by atoms with Crippen LogP contribution in [-0.2, 0) is 14.8 Å². The van der Waals surface area contributed by atoms with E-state index in [2.05, 4.69) is 5.32 Å². The molecule has 28 heavy (non-hydrogen) atoms. The van der Waals surface area contributed by atoms with Crippen LogP contribution in [0.3, 0.4) is 0 Å². The van der Waals surface area contributed by atoms with E-state index in [1.54, 1.807) is 12.1 Å². The third kappa shape index (κ3) is 3.56. The van der Waals surface area contributed by atoms with Crippen molar-refractivity contribution < 1.29 is 22.7 Å². The minimum Gasteiger partial charge on any atom is -0.396 e. The monoisotopic (exact) mass is 411 g/mol. The van der Waals surface area contributed by atoms with Crippen LogP contribution in [0.15, 0.2) is 18.2 Å². The maximum absolute atomic E-state index is 13.8. The van der Waals surface area contributed by atoms with E-state index in [0.717, 1.165) is 18.4 Å². The summed E-state index contributed by atoms with van der Waals surface area (Å²) in [5.41, 5.74) is 0.475. The van der Waals surface area contributed by atoms with E-state index < -0.39 is 21.3 Å². The number of nitrogens with zero attached hydrogens (tertiary/aromatic N) is 2. The number of aryl methyl sites for hydroxylation is 1.